The van der Waals surface area contributed by atoms with E-state index in [1.54, 1.807) is 0 Å². The number of nitrogens with two attached hydrogens (primary N) is 1. The van der Waals surface area contributed by atoms with Crippen molar-refractivity contribution in [1.82, 2.24) is 0 Å². The Labute approximate surface area is 66.9 Å². The zero-order valence-electron chi connectivity index (χ0n) is 6.88. The van der Waals surface area contributed by atoms with Gasteiger partial charge in [0.1, 0.15) is 6.10 Å². The summed E-state index contributed by atoms with van der Waals surface area (Å²) in [5.74, 6) is 0.459. The number of hydrogen-bond acceptors (Lipinski definition) is 3. The minimum Gasteiger partial charge on any atom is -0.370 e. The zero-order chi connectivity index (χ0) is 8.27. The van der Waals surface area contributed by atoms with Crippen molar-refractivity contribution in [2.24, 2.45) is 11.7 Å². The maximum absolute atomic E-state index is 11.2. The lowest BCUT2D eigenvalue weighted by Gasteiger charge is -2.13. The number of ether oxygens (including phenoxy) is 1. The fraction of sp³-hybridized carbons (Fsp3) is 0.875. The predicted octanol–water partition coefficient (Wildman–Crippen LogP) is 0.329. The molecule has 0 saturated carbocycles. The maximum atomic E-state index is 11.2. The van der Waals surface area contributed by atoms with Crippen molar-refractivity contribution < 1.29 is 9.53 Å². The molecule has 0 bridgehead atoms. The van der Waals surface area contributed by atoms with Crippen LogP contribution in [0.4, 0.5) is 0 Å². The summed E-state index contributed by atoms with van der Waals surface area (Å²) < 4.78 is 5.28. The van der Waals surface area contributed by atoms with E-state index in [9.17, 15) is 4.79 Å². The van der Waals surface area contributed by atoms with Crippen molar-refractivity contribution in [3.05, 3.63) is 0 Å². The van der Waals surface area contributed by atoms with Crippen LogP contribution in [0.2, 0.25) is 0 Å². The average molecular weight is 157 g/mol. The Morgan fingerprint density at radius 1 is 1.73 bits per heavy atom. The molecule has 11 heavy (non-hydrogen) atoms. The normalized spacial score (nSPS) is 30.7. The Balaban J connectivity index is 2.49. The van der Waals surface area contributed by atoms with Gasteiger partial charge >= 0.3 is 0 Å². The fourth-order valence-corrected chi connectivity index (χ4v) is 1.43. The summed E-state index contributed by atoms with van der Waals surface area (Å²) in [4.78, 5) is 11.2. The smallest absolute Gasteiger partial charge is 0.161 e. The molecule has 2 N–H and O–H groups in total. The van der Waals surface area contributed by atoms with Gasteiger partial charge in [0.25, 0.3) is 0 Å². The van der Waals surface area contributed by atoms with Gasteiger partial charge in [-0.05, 0) is 13.0 Å². The highest BCUT2D eigenvalue weighted by molar-refractivity contribution is 5.83. The highest BCUT2D eigenvalue weighted by Gasteiger charge is 2.31. The molecule has 2 atom stereocenters. The molecule has 2 unspecified atom stereocenters. The summed E-state index contributed by atoms with van der Waals surface area (Å²) in [5, 5.41) is 0. The molecule has 3 nitrogen and oxygen atoms in total. The molecule has 0 radical (unpaired) electrons. The van der Waals surface area contributed by atoms with Gasteiger partial charge in [-0.3, -0.25) is 4.79 Å². The molecule has 1 fully saturated rings. The third-order valence-electron chi connectivity index (χ3n) is 2.18. The molecule has 1 rings (SSSR count). The van der Waals surface area contributed by atoms with Crippen molar-refractivity contribution in [2.45, 2.75) is 25.9 Å². The summed E-state index contributed by atoms with van der Waals surface area (Å²) in [6.07, 6.45) is 1.29. The molecule has 0 spiro atoms. The Morgan fingerprint density at radius 3 is 3.00 bits per heavy atom. The molecular weight excluding hydrogens is 142 g/mol. The van der Waals surface area contributed by atoms with Crippen LogP contribution in [0.1, 0.15) is 19.8 Å². The van der Waals surface area contributed by atoms with E-state index < -0.39 is 0 Å². The summed E-state index contributed by atoms with van der Waals surface area (Å²) in [5.41, 5.74) is 5.48. The van der Waals surface area contributed by atoms with Crippen LogP contribution in [0, 0.1) is 5.92 Å². The van der Waals surface area contributed by atoms with Crippen molar-refractivity contribution in [3.8, 4) is 0 Å². The SMILES string of the molecule is CCC(=O)C1OCCC1CN. The highest BCUT2D eigenvalue weighted by Crippen LogP contribution is 2.21. The summed E-state index contributed by atoms with van der Waals surface area (Å²) in [6, 6.07) is 0. The molecule has 1 aliphatic heterocycles. The standard InChI is InChI=1S/C8H15NO2/c1-2-7(10)8-6(5-9)3-4-11-8/h6,8H,2-5,9H2,1H3. The Hall–Kier alpha value is -0.410. The lowest BCUT2D eigenvalue weighted by atomic mass is 9.97. The van der Waals surface area contributed by atoms with Crippen LogP contribution in [0.3, 0.4) is 0 Å². The van der Waals surface area contributed by atoms with Crippen molar-refractivity contribution in [1.29, 1.82) is 0 Å². The molecule has 0 aromatic heterocycles. The topological polar surface area (TPSA) is 52.3 Å². The first-order valence-electron chi connectivity index (χ1n) is 4.14. The lowest BCUT2D eigenvalue weighted by Crippen LogP contribution is -2.30. The molecule has 3 heteroatoms. The number of carbonyl (C=O) groups excluding carboxylic acids is 1. The average Bonchev–Trinajstić information content (AvgIpc) is 2.50. The number of carbonyl (C=O) groups is 1. The van der Waals surface area contributed by atoms with Crippen molar-refractivity contribution >= 4 is 5.78 Å². The first kappa shape index (κ1) is 8.68. The van der Waals surface area contributed by atoms with E-state index in [1.165, 1.54) is 0 Å². The van der Waals surface area contributed by atoms with Crippen LogP contribution < -0.4 is 5.73 Å². The largest absolute Gasteiger partial charge is 0.370 e. The number of rotatable bonds is 3. The van der Waals surface area contributed by atoms with E-state index in [0.717, 1.165) is 6.42 Å². The van der Waals surface area contributed by atoms with Gasteiger partial charge in [-0.15, -0.1) is 0 Å². The number of ketones is 1. The van der Waals surface area contributed by atoms with E-state index in [2.05, 4.69) is 0 Å². The van der Waals surface area contributed by atoms with Gasteiger partial charge in [0.05, 0.1) is 0 Å². The first-order chi connectivity index (χ1) is 5.29. The van der Waals surface area contributed by atoms with Crippen LogP contribution in [-0.4, -0.2) is 25.0 Å². The molecule has 1 heterocycles. The van der Waals surface area contributed by atoms with Crippen LogP contribution in [0.5, 0.6) is 0 Å². The Morgan fingerprint density at radius 2 is 2.45 bits per heavy atom. The van der Waals surface area contributed by atoms with Gasteiger partial charge in [-0.1, -0.05) is 6.92 Å². The zero-order valence-corrected chi connectivity index (χ0v) is 6.88. The van der Waals surface area contributed by atoms with Gasteiger partial charge in [0.15, 0.2) is 5.78 Å². The third-order valence-corrected chi connectivity index (χ3v) is 2.18. The first-order valence-corrected chi connectivity index (χ1v) is 4.14. The lowest BCUT2D eigenvalue weighted by molar-refractivity contribution is -0.129. The summed E-state index contributed by atoms with van der Waals surface area (Å²) in [7, 11) is 0. The molecule has 64 valence electrons. The van der Waals surface area contributed by atoms with Crippen LogP contribution in [0.15, 0.2) is 0 Å². The molecule has 0 aromatic carbocycles. The number of Topliss-reactive ketones (excluding diaryl/α,β-unsaturated/α-hetero) is 1. The summed E-state index contributed by atoms with van der Waals surface area (Å²) >= 11 is 0. The predicted molar refractivity (Wildman–Crippen MR) is 42.2 cm³/mol. The van der Waals surface area contributed by atoms with Crippen LogP contribution in [0.25, 0.3) is 0 Å². The molecule has 0 aliphatic carbocycles. The van der Waals surface area contributed by atoms with Gasteiger partial charge in [0.2, 0.25) is 0 Å². The van der Waals surface area contributed by atoms with Gasteiger partial charge < -0.3 is 10.5 Å². The highest BCUT2D eigenvalue weighted by atomic mass is 16.5. The van der Waals surface area contributed by atoms with E-state index >= 15 is 0 Å². The Kier molecular flexibility index (Phi) is 3.02. The number of hydrogen-bond donors (Lipinski definition) is 1. The fourth-order valence-electron chi connectivity index (χ4n) is 1.43. The molecule has 1 saturated heterocycles. The molecule has 0 aromatic rings. The van der Waals surface area contributed by atoms with Crippen LogP contribution >= 0.6 is 0 Å². The second-order valence-corrected chi connectivity index (χ2v) is 2.90. The minimum atomic E-state index is -0.204. The van der Waals surface area contributed by atoms with Gasteiger partial charge in [-0.25, -0.2) is 0 Å². The van der Waals surface area contributed by atoms with Crippen LogP contribution in [-0.2, 0) is 9.53 Å². The van der Waals surface area contributed by atoms with Crippen molar-refractivity contribution in [2.75, 3.05) is 13.2 Å². The van der Waals surface area contributed by atoms with Gasteiger partial charge in [-0.2, -0.15) is 0 Å². The third kappa shape index (κ3) is 1.79. The van der Waals surface area contributed by atoms with E-state index in [4.69, 9.17) is 10.5 Å². The molecule has 1 aliphatic rings. The Bertz CT molecular complexity index is 147. The second-order valence-electron chi connectivity index (χ2n) is 2.90. The monoisotopic (exact) mass is 157 g/mol. The maximum Gasteiger partial charge on any atom is 0.161 e. The molecule has 0 amide bonds. The minimum absolute atomic E-state index is 0.193. The second kappa shape index (κ2) is 3.83. The van der Waals surface area contributed by atoms with E-state index in [1.807, 2.05) is 6.92 Å². The van der Waals surface area contributed by atoms with Crippen molar-refractivity contribution in [3.63, 3.8) is 0 Å². The van der Waals surface area contributed by atoms with Gasteiger partial charge in [0, 0.05) is 18.9 Å². The molecular formula is C8H15NO2. The van der Waals surface area contributed by atoms with E-state index in [0.29, 0.717) is 19.6 Å². The summed E-state index contributed by atoms with van der Waals surface area (Å²) in [6.45, 7) is 3.12. The van der Waals surface area contributed by atoms with E-state index in [-0.39, 0.29) is 17.8 Å². The quantitative estimate of drug-likeness (QED) is 0.642.